The molecular weight excluding hydrogens is 408 g/mol. The lowest BCUT2D eigenvalue weighted by atomic mass is 9.88. The number of hydrogen-bond donors (Lipinski definition) is 0. The van der Waals surface area contributed by atoms with Crippen molar-refractivity contribution in [2.75, 3.05) is 26.2 Å². The second kappa shape index (κ2) is 9.80. The SMILES string of the molecule is O=C(CC(c1ccccc1)c1ccccc1)N1CCN(C(=O)c2ccc(Cl)cc2)CC1. The van der Waals surface area contributed by atoms with Crippen LogP contribution >= 0.6 is 11.6 Å². The molecule has 2 amide bonds. The van der Waals surface area contributed by atoms with Crippen LogP contribution < -0.4 is 0 Å². The van der Waals surface area contributed by atoms with E-state index in [-0.39, 0.29) is 17.7 Å². The third kappa shape index (κ3) is 5.15. The van der Waals surface area contributed by atoms with E-state index >= 15 is 0 Å². The molecule has 0 aliphatic carbocycles. The molecule has 0 radical (unpaired) electrons. The first kappa shape index (κ1) is 21.1. The summed E-state index contributed by atoms with van der Waals surface area (Å²) in [6, 6.07) is 27.3. The molecular formula is C26H25ClN2O2. The number of carbonyl (C=O) groups excluding carboxylic acids is 2. The molecule has 1 aliphatic rings. The van der Waals surface area contributed by atoms with Crippen molar-refractivity contribution in [2.45, 2.75) is 12.3 Å². The summed E-state index contributed by atoms with van der Waals surface area (Å²) in [5.74, 6) is 0.121. The van der Waals surface area contributed by atoms with Crippen LogP contribution in [0, 0.1) is 0 Å². The second-order valence-corrected chi connectivity index (χ2v) is 8.19. The third-order valence-corrected chi connectivity index (χ3v) is 6.05. The maximum atomic E-state index is 13.1. The number of nitrogens with zero attached hydrogens (tertiary/aromatic N) is 2. The smallest absolute Gasteiger partial charge is 0.253 e. The van der Waals surface area contributed by atoms with Crippen LogP contribution in [0.15, 0.2) is 84.9 Å². The maximum Gasteiger partial charge on any atom is 0.253 e. The van der Waals surface area contributed by atoms with Crippen molar-refractivity contribution in [3.05, 3.63) is 107 Å². The minimum absolute atomic E-state index is 0.0172. The van der Waals surface area contributed by atoms with Crippen LogP contribution in [0.5, 0.6) is 0 Å². The molecule has 31 heavy (non-hydrogen) atoms. The van der Waals surface area contributed by atoms with E-state index < -0.39 is 0 Å². The van der Waals surface area contributed by atoms with Crippen molar-refractivity contribution in [2.24, 2.45) is 0 Å². The van der Waals surface area contributed by atoms with Crippen LogP contribution in [0.1, 0.15) is 33.8 Å². The summed E-state index contributed by atoms with van der Waals surface area (Å²) in [7, 11) is 0. The molecule has 0 unspecified atom stereocenters. The molecule has 0 atom stereocenters. The van der Waals surface area contributed by atoms with E-state index in [4.69, 9.17) is 11.6 Å². The zero-order chi connectivity index (χ0) is 21.6. The number of rotatable bonds is 5. The van der Waals surface area contributed by atoms with Crippen LogP contribution in [-0.2, 0) is 4.79 Å². The van der Waals surface area contributed by atoms with Gasteiger partial charge >= 0.3 is 0 Å². The van der Waals surface area contributed by atoms with Crippen LogP contribution in [0.4, 0.5) is 0 Å². The lowest BCUT2D eigenvalue weighted by Gasteiger charge is -2.35. The van der Waals surface area contributed by atoms with Crippen molar-refractivity contribution < 1.29 is 9.59 Å². The standard InChI is InChI=1S/C26H25ClN2O2/c27-23-13-11-22(12-14-23)26(31)29-17-15-28(16-18-29)25(30)19-24(20-7-3-1-4-8-20)21-9-5-2-6-10-21/h1-14,24H,15-19H2. The van der Waals surface area contributed by atoms with E-state index in [0.29, 0.717) is 43.2 Å². The number of amides is 2. The van der Waals surface area contributed by atoms with Gasteiger partial charge in [0.2, 0.25) is 5.91 Å². The zero-order valence-electron chi connectivity index (χ0n) is 17.3. The normalized spacial score (nSPS) is 14.0. The highest BCUT2D eigenvalue weighted by Crippen LogP contribution is 2.29. The molecule has 158 valence electrons. The highest BCUT2D eigenvalue weighted by atomic mass is 35.5. The highest BCUT2D eigenvalue weighted by molar-refractivity contribution is 6.30. The van der Waals surface area contributed by atoms with E-state index in [2.05, 4.69) is 24.3 Å². The van der Waals surface area contributed by atoms with Crippen LogP contribution in [0.3, 0.4) is 0 Å². The number of benzene rings is 3. The third-order valence-electron chi connectivity index (χ3n) is 5.79. The van der Waals surface area contributed by atoms with E-state index in [1.807, 2.05) is 41.3 Å². The highest BCUT2D eigenvalue weighted by Gasteiger charge is 2.27. The molecule has 3 aromatic carbocycles. The number of carbonyl (C=O) groups is 2. The Morgan fingerprint density at radius 3 is 1.71 bits per heavy atom. The predicted molar refractivity (Wildman–Crippen MR) is 123 cm³/mol. The van der Waals surface area contributed by atoms with E-state index in [9.17, 15) is 9.59 Å². The maximum absolute atomic E-state index is 13.1. The predicted octanol–water partition coefficient (Wildman–Crippen LogP) is 4.85. The Morgan fingerprint density at radius 2 is 1.19 bits per heavy atom. The van der Waals surface area contributed by atoms with Gasteiger partial charge in [0.15, 0.2) is 0 Å². The summed E-state index contributed by atoms with van der Waals surface area (Å²) >= 11 is 5.92. The van der Waals surface area contributed by atoms with E-state index in [1.165, 1.54) is 0 Å². The Morgan fingerprint density at radius 1 is 0.710 bits per heavy atom. The van der Waals surface area contributed by atoms with Gasteiger partial charge in [-0.2, -0.15) is 0 Å². The van der Waals surface area contributed by atoms with Gasteiger partial charge in [-0.15, -0.1) is 0 Å². The molecule has 0 spiro atoms. The Bertz CT molecular complexity index is 975. The number of halogens is 1. The number of piperazine rings is 1. The van der Waals surface area contributed by atoms with Crippen LogP contribution in [-0.4, -0.2) is 47.8 Å². The summed E-state index contributed by atoms with van der Waals surface area (Å²) < 4.78 is 0. The molecule has 1 aliphatic heterocycles. The Kier molecular flexibility index (Phi) is 6.68. The van der Waals surface area contributed by atoms with Gasteiger partial charge in [0.05, 0.1) is 0 Å². The van der Waals surface area contributed by atoms with Crippen LogP contribution in [0.25, 0.3) is 0 Å². The molecule has 1 heterocycles. The lowest BCUT2D eigenvalue weighted by molar-refractivity contribution is -0.132. The summed E-state index contributed by atoms with van der Waals surface area (Å²) in [6.45, 7) is 2.17. The molecule has 4 rings (SSSR count). The Balaban J connectivity index is 1.40. The molecule has 0 aromatic heterocycles. The van der Waals surface area contributed by atoms with Gasteiger partial charge < -0.3 is 9.80 Å². The quantitative estimate of drug-likeness (QED) is 0.578. The molecule has 0 saturated carbocycles. The Hall–Kier alpha value is -3.11. The first-order valence-corrected chi connectivity index (χ1v) is 10.9. The fourth-order valence-corrected chi connectivity index (χ4v) is 4.16. The molecule has 5 heteroatoms. The van der Waals surface area contributed by atoms with Gasteiger partial charge in [0.1, 0.15) is 0 Å². The molecule has 1 fully saturated rings. The Labute approximate surface area is 188 Å². The van der Waals surface area contributed by atoms with E-state index in [0.717, 1.165) is 11.1 Å². The van der Waals surface area contributed by atoms with Crippen molar-refractivity contribution in [1.29, 1.82) is 0 Å². The molecule has 0 N–H and O–H groups in total. The van der Waals surface area contributed by atoms with Crippen molar-refractivity contribution in [1.82, 2.24) is 9.80 Å². The molecule has 3 aromatic rings. The fourth-order valence-electron chi connectivity index (χ4n) is 4.04. The van der Waals surface area contributed by atoms with Crippen molar-refractivity contribution >= 4 is 23.4 Å². The van der Waals surface area contributed by atoms with Gasteiger partial charge in [-0.3, -0.25) is 9.59 Å². The number of hydrogen-bond acceptors (Lipinski definition) is 2. The van der Waals surface area contributed by atoms with Crippen LogP contribution in [0.2, 0.25) is 5.02 Å². The first-order valence-electron chi connectivity index (χ1n) is 10.5. The topological polar surface area (TPSA) is 40.6 Å². The summed E-state index contributed by atoms with van der Waals surface area (Å²) in [5.41, 5.74) is 2.90. The molecule has 0 bridgehead atoms. The minimum Gasteiger partial charge on any atom is -0.339 e. The monoisotopic (exact) mass is 432 g/mol. The summed E-state index contributed by atoms with van der Waals surface area (Å²) in [6.07, 6.45) is 0.416. The average Bonchev–Trinajstić information content (AvgIpc) is 2.83. The zero-order valence-corrected chi connectivity index (χ0v) is 18.0. The summed E-state index contributed by atoms with van der Waals surface area (Å²) in [4.78, 5) is 29.5. The average molecular weight is 433 g/mol. The van der Waals surface area contributed by atoms with E-state index in [1.54, 1.807) is 29.2 Å². The lowest BCUT2D eigenvalue weighted by Crippen LogP contribution is -2.50. The molecule has 1 saturated heterocycles. The van der Waals surface area contributed by atoms with Gasteiger partial charge in [0, 0.05) is 49.1 Å². The summed E-state index contributed by atoms with van der Waals surface area (Å²) in [5, 5.41) is 0.610. The van der Waals surface area contributed by atoms with Gasteiger partial charge in [-0.25, -0.2) is 0 Å². The second-order valence-electron chi connectivity index (χ2n) is 7.76. The van der Waals surface area contributed by atoms with Crippen molar-refractivity contribution in [3.63, 3.8) is 0 Å². The van der Waals surface area contributed by atoms with Crippen molar-refractivity contribution in [3.8, 4) is 0 Å². The largest absolute Gasteiger partial charge is 0.339 e. The van der Waals surface area contributed by atoms with Gasteiger partial charge in [0.25, 0.3) is 5.91 Å². The van der Waals surface area contributed by atoms with Gasteiger partial charge in [-0.1, -0.05) is 72.3 Å². The van der Waals surface area contributed by atoms with Gasteiger partial charge in [-0.05, 0) is 35.4 Å². The fraction of sp³-hybridized carbons (Fsp3) is 0.231. The molecule has 4 nitrogen and oxygen atoms in total. The minimum atomic E-state index is -0.0183. The first-order chi connectivity index (χ1) is 15.1.